The van der Waals surface area contributed by atoms with Crippen molar-refractivity contribution in [2.45, 2.75) is 89.6 Å². The van der Waals surface area contributed by atoms with Gasteiger partial charge in [0, 0.05) is 24.8 Å². The van der Waals surface area contributed by atoms with Crippen LogP contribution in [0.3, 0.4) is 0 Å². The van der Waals surface area contributed by atoms with E-state index >= 15 is 0 Å². The van der Waals surface area contributed by atoms with Gasteiger partial charge in [0.25, 0.3) is 0 Å². The molecule has 3 nitrogen and oxygen atoms in total. The molecule has 1 aliphatic carbocycles. The number of aliphatic hydroxyl groups excluding tert-OH is 1. The fourth-order valence-corrected chi connectivity index (χ4v) is 3.20. The fourth-order valence-electron chi connectivity index (χ4n) is 3.20. The number of carbonyl (C=O) groups is 2. The first-order valence-corrected chi connectivity index (χ1v) is 9.41. The van der Waals surface area contributed by atoms with Gasteiger partial charge in [0.2, 0.25) is 5.78 Å². The molecule has 1 rings (SSSR count). The molecule has 0 aromatic carbocycles. The molecule has 1 fully saturated rings. The predicted octanol–water partition coefficient (Wildman–Crippen LogP) is 4.77. The summed E-state index contributed by atoms with van der Waals surface area (Å²) in [6.07, 6.45) is 8.07. The second-order valence-electron chi connectivity index (χ2n) is 6.86. The van der Waals surface area contributed by atoms with Crippen molar-refractivity contribution in [3.63, 3.8) is 0 Å². The second kappa shape index (κ2) is 11.3. The van der Waals surface area contributed by atoms with E-state index in [1.54, 1.807) is 0 Å². The molecular formula is C20H30F2O3. The van der Waals surface area contributed by atoms with E-state index in [9.17, 15) is 23.5 Å². The summed E-state index contributed by atoms with van der Waals surface area (Å²) in [5.74, 6) is -4.61. The molecule has 1 aliphatic rings. The van der Waals surface area contributed by atoms with Crippen LogP contribution in [0.4, 0.5) is 8.78 Å². The van der Waals surface area contributed by atoms with Crippen molar-refractivity contribution in [3.8, 4) is 0 Å². The first-order chi connectivity index (χ1) is 11.9. The molecule has 0 heterocycles. The van der Waals surface area contributed by atoms with E-state index in [4.69, 9.17) is 0 Å². The van der Waals surface area contributed by atoms with Gasteiger partial charge in [0.05, 0.1) is 6.10 Å². The number of carbonyl (C=O) groups excluding carboxylic acids is 2. The SMILES string of the molecule is CCCCC(F)(F)C(=O)C=C=C1CCC(O)C1CCCCCCC=O. The zero-order valence-electron chi connectivity index (χ0n) is 15.1. The smallest absolute Gasteiger partial charge is 0.309 e. The number of aliphatic hydroxyl groups is 1. The summed E-state index contributed by atoms with van der Waals surface area (Å²) in [6, 6.07) is 0. The number of rotatable bonds is 12. The van der Waals surface area contributed by atoms with Gasteiger partial charge in [0.1, 0.15) is 6.29 Å². The summed E-state index contributed by atoms with van der Waals surface area (Å²) in [5.41, 5.74) is 3.54. The summed E-state index contributed by atoms with van der Waals surface area (Å²) in [5, 5.41) is 10.1. The molecule has 0 radical (unpaired) electrons. The van der Waals surface area contributed by atoms with Crippen LogP contribution in [0.25, 0.3) is 0 Å². The van der Waals surface area contributed by atoms with Gasteiger partial charge in [-0.2, -0.15) is 8.78 Å². The Morgan fingerprint density at radius 3 is 2.68 bits per heavy atom. The lowest BCUT2D eigenvalue weighted by atomic mass is 9.94. The van der Waals surface area contributed by atoms with E-state index in [-0.39, 0.29) is 5.92 Å². The maximum absolute atomic E-state index is 13.7. The van der Waals surface area contributed by atoms with Gasteiger partial charge >= 0.3 is 5.92 Å². The first-order valence-electron chi connectivity index (χ1n) is 9.41. The zero-order chi connectivity index (χ0) is 18.7. The van der Waals surface area contributed by atoms with Crippen LogP contribution in [0.5, 0.6) is 0 Å². The summed E-state index contributed by atoms with van der Waals surface area (Å²) < 4.78 is 27.4. The van der Waals surface area contributed by atoms with Crippen molar-refractivity contribution < 1.29 is 23.5 Å². The largest absolute Gasteiger partial charge is 0.392 e. The Balaban J connectivity index is 2.59. The van der Waals surface area contributed by atoms with Crippen molar-refractivity contribution in [1.82, 2.24) is 0 Å². The molecule has 0 aromatic heterocycles. The molecule has 0 aromatic rings. The quantitative estimate of drug-likeness (QED) is 0.237. The molecule has 0 saturated heterocycles. The summed E-state index contributed by atoms with van der Waals surface area (Å²) >= 11 is 0. The summed E-state index contributed by atoms with van der Waals surface area (Å²) in [4.78, 5) is 22.0. The molecule has 1 N–H and O–H groups in total. The Morgan fingerprint density at radius 1 is 1.28 bits per heavy atom. The fraction of sp³-hybridized carbons (Fsp3) is 0.750. The molecule has 0 aliphatic heterocycles. The van der Waals surface area contributed by atoms with Crippen molar-refractivity contribution >= 4 is 12.1 Å². The minimum absolute atomic E-state index is 0.0978. The monoisotopic (exact) mass is 356 g/mol. The highest BCUT2D eigenvalue weighted by Gasteiger charge is 2.36. The van der Waals surface area contributed by atoms with Crippen LogP contribution in [0.2, 0.25) is 0 Å². The van der Waals surface area contributed by atoms with Crippen LogP contribution in [-0.2, 0) is 9.59 Å². The lowest BCUT2D eigenvalue weighted by Crippen LogP contribution is -2.26. The number of alkyl halides is 2. The lowest BCUT2D eigenvalue weighted by molar-refractivity contribution is -0.138. The van der Waals surface area contributed by atoms with Crippen LogP contribution >= 0.6 is 0 Å². The average Bonchev–Trinajstić information content (AvgIpc) is 2.94. The maximum atomic E-state index is 13.7. The van der Waals surface area contributed by atoms with Gasteiger partial charge in [0.15, 0.2) is 0 Å². The number of halogens is 2. The molecule has 1 saturated carbocycles. The Bertz CT molecular complexity index is 493. The lowest BCUT2D eigenvalue weighted by Gasteiger charge is -2.15. The normalized spacial score (nSPS) is 20.4. The number of aldehydes is 1. The van der Waals surface area contributed by atoms with Gasteiger partial charge in [-0.1, -0.05) is 32.6 Å². The van der Waals surface area contributed by atoms with Crippen molar-refractivity contribution in [2.24, 2.45) is 5.92 Å². The standard InChI is InChI=1S/C20H30F2O3/c1-2-3-14-20(21,22)19(25)13-11-16-10-12-18(24)17(16)9-7-5-4-6-8-15-23/h13,15,17-18,24H,2-10,12,14H2,1H3. The predicted molar refractivity (Wildman–Crippen MR) is 93.6 cm³/mol. The Morgan fingerprint density at radius 2 is 2.00 bits per heavy atom. The van der Waals surface area contributed by atoms with Gasteiger partial charge in [-0.05, 0) is 37.7 Å². The highest BCUT2D eigenvalue weighted by molar-refractivity contribution is 5.95. The van der Waals surface area contributed by atoms with Gasteiger partial charge in [-0.15, -0.1) is 5.73 Å². The number of hydrogen-bond donors (Lipinski definition) is 1. The summed E-state index contributed by atoms with van der Waals surface area (Å²) in [7, 11) is 0. The van der Waals surface area contributed by atoms with E-state index in [1.165, 1.54) is 0 Å². The molecule has 5 heteroatoms. The van der Waals surface area contributed by atoms with Crippen molar-refractivity contribution in [2.75, 3.05) is 0 Å². The topological polar surface area (TPSA) is 54.4 Å². The van der Waals surface area contributed by atoms with E-state index in [0.717, 1.165) is 50.0 Å². The molecule has 0 amide bonds. The third-order valence-corrected chi connectivity index (χ3v) is 4.80. The van der Waals surface area contributed by atoms with E-state index < -0.39 is 24.2 Å². The number of unbranched alkanes of at least 4 members (excludes halogenated alkanes) is 5. The molecular weight excluding hydrogens is 326 g/mol. The minimum Gasteiger partial charge on any atom is -0.392 e. The van der Waals surface area contributed by atoms with Crippen LogP contribution in [0, 0.1) is 5.92 Å². The zero-order valence-corrected chi connectivity index (χ0v) is 15.1. The van der Waals surface area contributed by atoms with Crippen molar-refractivity contribution in [3.05, 3.63) is 17.4 Å². The van der Waals surface area contributed by atoms with Crippen LogP contribution < -0.4 is 0 Å². The third kappa shape index (κ3) is 7.62. The van der Waals surface area contributed by atoms with Crippen LogP contribution in [0.1, 0.15) is 77.6 Å². The average molecular weight is 356 g/mol. The Kier molecular flexibility index (Phi) is 9.84. The van der Waals surface area contributed by atoms with Gasteiger partial charge < -0.3 is 9.90 Å². The van der Waals surface area contributed by atoms with E-state index in [2.05, 4.69) is 5.73 Å². The molecule has 25 heavy (non-hydrogen) atoms. The minimum atomic E-state index is -3.32. The Labute approximate surface area is 149 Å². The molecule has 2 unspecified atom stereocenters. The summed E-state index contributed by atoms with van der Waals surface area (Å²) in [6.45, 7) is 1.81. The van der Waals surface area contributed by atoms with Gasteiger partial charge in [-0.3, -0.25) is 4.79 Å². The first kappa shape index (κ1) is 21.7. The highest BCUT2D eigenvalue weighted by atomic mass is 19.3. The molecule has 0 bridgehead atoms. The molecule has 0 spiro atoms. The van der Waals surface area contributed by atoms with E-state index in [1.807, 2.05) is 6.92 Å². The van der Waals surface area contributed by atoms with E-state index in [0.29, 0.717) is 32.1 Å². The van der Waals surface area contributed by atoms with Gasteiger partial charge in [-0.25, -0.2) is 0 Å². The maximum Gasteiger partial charge on any atom is 0.309 e. The van der Waals surface area contributed by atoms with Crippen LogP contribution in [-0.4, -0.2) is 29.2 Å². The van der Waals surface area contributed by atoms with Crippen molar-refractivity contribution in [1.29, 1.82) is 0 Å². The van der Waals surface area contributed by atoms with Crippen LogP contribution in [0.15, 0.2) is 17.4 Å². The number of hydrogen-bond acceptors (Lipinski definition) is 3. The molecule has 2 atom stereocenters. The third-order valence-electron chi connectivity index (χ3n) is 4.80. The molecule has 142 valence electrons. The second-order valence-corrected chi connectivity index (χ2v) is 6.86. The highest BCUT2D eigenvalue weighted by Crippen LogP contribution is 2.35. The Hall–Kier alpha value is -1.32. The number of ketones is 1.